The van der Waals surface area contributed by atoms with Crippen LogP contribution in [0.4, 0.5) is 10.5 Å². The van der Waals surface area contributed by atoms with E-state index in [-0.39, 0.29) is 18.1 Å². The van der Waals surface area contributed by atoms with Crippen molar-refractivity contribution in [2.24, 2.45) is 4.99 Å². The van der Waals surface area contributed by atoms with Gasteiger partial charge in [-0.3, -0.25) is 14.6 Å². The molecule has 0 bridgehead atoms. The molecule has 0 radical (unpaired) electrons. The Kier molecular flexibility index (Phi) is 7.88. The lowest BCUT2D eigenvalue weighted by molar-refractivity contribution is -0.115. The highest BCUT2D eigenvalue weighted by molar-refractivity contribution is 6.30. The molecule has 0 atom stereocenters. The van der Waals surface area contributed by atoms with E-state index in [1.807, 2.05) is 0 Å². The average Bonchev–Trinajstić information content (AvgIpc) is 2.83. The molecule has 0 fully saturated rings. The number of benzene rings is 2. The molecule has 0 unspecified atom stereocenters. The fourth-order valence-corrected chi connectivity index (χ4v) is 2.91. The predicted octanol–water partition coefficient (Wildman–Crippen LogP) is 4.30. The fraction of sp³-hybridized carbons (Fsp3) is 0.130. The molecule has 3 rings (SSSR count). The minimum absolute atomic E-state index is 0.0865. The van der Waals surface area contributed by atoms with Crippen LogP contribution in [0.1, 0.15) is 21.6 Å². The first kappa shape index (κ1) is 24.3. The Labute approximate surface area is 200 Å². The number of halogens is 1. The molecule has 3 aromatic rings. The van der Waals surface area contributed by atoms with Crippen LogP contribution >= 0.6 is 11.6 Å². The zero-order valence-electron chi connectivity index (χ0n) is 18.3. The summed E-state index contributed by atoms with van der Waals surface area (Å²) in [7, 11) is 1.36. The molecule has 1 N–H and O–H groups in total. The highest BCUT2D eigenvalue weighted by atomic mass is 35.5. The quantitative estimate of drug-likeness (QED) is 0.289. The largest absolute Gasteiger partial charge is 0.477 e. The molecule has 0 saturated carbocycles. The van der Waals surface area contributed by atoms with Gasteiger partial charge in [0.1, 0.15) is 12.1 Å². The maximum absolute atomic E-state index is 12.6. The number of rotatable bonds is 8. The maximum Gasteiger partial charge on any atom is 0.354 e. The van der Waals surface area contributed by atoms with Crippen molar-refractivity contribution in [2.75, 3.05) is 7.05 Å². The topological polar surface area (TPSA) is 125 Å². The second kappa shape index (κ2) is 11.0. The Morgan fingerprint density at radius 2 is 1.88 bits per heavy atom. The summed E-state index contributed by atoms with van der Waals surface area (Å²) in [5.74, 6) is -0.654. The third-order valence-electron chi connectivity index (χ3n) is 4.55. The van der Waals surface area contributed by atoms with Crippen LogP contribution < -0.4 is 4.74 Å². The first-order valence-corrected chi connectivity index (χ1v) is 10.3. The number of amides is 3. The van der Waals surface area contributed by atoms with E-state index in [9.17, 15) is 14.4 Å². The molecule has 34 heavy (non-hydrogen) atoms. The number of aryl methyl sites for hydroxylation is 1. The summed E-state index contributed by atoms with van der Waals surface area (Å²) in [6.07, 6.45) is 2.87. The van der Waals surface area contributed by atoms with Crippen molar-refractivity contribution in [1.29, 1.82) is 0 Å². The van der Waals surface area contributed by atoms with E-state index >= 15 is 0 Å². The lowest BCUT2D eigenvalue weighted by Gasteiger charge is -2.21. The number of hydrogen-bond acceptors (Lipinski definition) is 7. The van der Waals surface area contributed by atoms with Gasteiger partial charge in [-0.05, 0) is 48.4 Å². The number of urea groups is 1. The van der Waals surface area contributed by atoms with Gasteiger partial charge in [-0.25, -0.2) is 24.5 Å². The number of carbonyl (C=O) groups is 3. The molecule has 3 amide bonds. The molecule has 2 aromatic carbocycles. The highest BCUT2D eigenvalue weighted by Crippen LogP contribution is 2.27. The van der Waals surface area contributed by atoms with Crippen molar-refractivity contribution in [2.45, 2.75) is 13.5 Å². The van der Waals surface area contributed by atoms with E-state index in [0.717, 1.165) is 16.8 Å². The third kappa shape index (κ3) is 6.36. The zero-order chi connectivity index (χ0) is 24.7. The van der Waals surface area contributed by atoms with Gasteiger partial charge >= 0.3 is 12.0 Å². The Balaban J connectivity index is 1.79. The van der Waals surface area contributed by atoms with E-state index in [1.54, 1.807) is 49.4 Å². The van der Waals surface area contributed by atoms with E-state index in [4.69, 9.17) is 21.4 Å². The van der Waals surface area contributed by atoms with Crippen LogP contribution in [0, 0.1) is 6.92 Å². The number of carboxylic acid groups (broad SMARTS) is 1. The molecule has 0 aliphatic rings. The number of carbonyl (C=O) groups excluding carboxylic acids is 2. The second-order valence-corrected chi connectivity index (χ2v) is 7.53. The number of aromatic nitrogens is 2. The Hall–Kier alpha value is -4.31. The highest BCUT2D eigenvalue weighted by Gasteiger charge is 2.17. The lowest BCUT2D eigenvalue weighted by Crippen LogP contribution is -2.39. The van der Waals surface area contributed by atoms with Gasteiger partial charge in [0.05, 0.1) is 18.6 Å². The third-order valence-corrected chi connectivity index (χ3v) is 4.80. The molecule has 174 valence electrons. The SMILES string of the molecule is Cc1cc(N=CN(Cc2ccc(Cl)cc2)C(=O)N(C)C=O)ccc1Oc1cc(C(=O)O)ncn1. The summed E-state index contributed by atoms with van der Waals surface area (Å²) in [6, 6.07) is 12.7. The van der Waals surface area contributed by atoms with Crippen molar-refractivity contribution in [3.63, 3.8) is 0 Å². The van der Waals surface area contributed by atoms with E-state index in [2.05, 4.69) is 15.0 Å². The first-order valence-electron chi connectivity index (χ1n) is 9.88. The summed E-state index contributed by atoms with van der Waals surface area (Å²) in [5, 5.41) is 9.62. The van der Waals surface area contributed by atoms with Gasteiger partial charge in [0.25, 0.3) is 0 Å². The summed E-state index contributed by atoms with van der Waals surface area (Å²) in [6.45, 7) is 1.96. The molecule has 1 heterocycles. The van der Waals surface area contributed by atoms with Crippen molar-refractivity contribution in [1.82, 2.24) is 19.8 Å². The molecule has 0 aliphatic heterocycles. The van der Waals surface area contributed by atoms with Crippen LogP contribution in [0.5, 0.6) is 11.6 Å². The summed E-state index contributed by atoms with van der Waals surface area (Å²) in [5.41, 5.74) is 1.84. The van der Waals surface area contributed by atoms with Crippen LogP contribution in [0.25, 0.3) is 0 Å². The molecule has 0 aliphatic carbocycles. The van der Waals surface area contributed by atoms with Crippen LogP contribution in [0.3, 0.4) is 0 Å². The van der Waals surface area contributed by atoms with E-state index in [1.165, 1.54) is 24.4 Å². The van der Waals surface area contributed by atoms with E-state index in [0.29, 0.717) is 28.4 Å². The number of aromatic carboxylic acids is 1. The van der Waals surface area contributed by atoms with Gasteiger partial charge in [0.15, 0.2) is 5.69 Å². The molecule has 11 heteroatoms. The van der Waals surface area contributed by atoms with Gasteiger partial charge in [-0.2, -0.15) is 0 Å². The molecule has 0 saturated heterocycles. The standard InChI is InChI=1S/C23H20ClN5O5/c1-15-9-18(7-8-20(15)34-21-10-19(22(31)32)25-12-26-21)27-13-29(23(33)28(2)14-30)11-16-3-5-17(24)6-4-16/h3-10,12-14H,11H2,1-2H3,(H,31,32). The zero-order valence-corrected chi connectivity index (χ0v) is 19.0. The molecular formula is C23H20ClN5O5. The number of hydrogen-bond donors (Lipinski definition) is 1. The van der Waals surface area contributed by atoms with E-state index < -0.39 is 12.0 Å². The van der Waals surface area contributed by atoms with Gasteiger partial charge in [-0.1, -0.05) is 23.7 Å². The van der Waals surface area contributed by atoms with Gasteiger partial charge < -0.3 is 9.84 Å². The number of aliphatic imine (C=N–C) groups is 1. The molecule has 0 spiro atoms. The van der Waals surface area contributed by atoms with Crippen molar-refractivity contribution >= 4 is 42.0 Å². The maximum atomic E-state index is 12.6. The van der Waals surface area contributed by atoms with Crippen LogP contribution in [0.15, 0.2) is 59.9 Å². The van der Waals surface area contributed by atoms with Crippen molar-refractivity contribution in [3.8, 4) is 11.6 Å². The number of nitrogens with zero attached hydrogens (tertiary/aromatic N) is 5. The Morgan fingerprint density at radius 3 is 2.53 bits per heavy atom. The molecule has 1 aromatic heterocycles. The summed E-state index contributed by atoms with van der Waals surface area (Å²) < 4.78 is 5.67. The van der Waals surface area contributed by atoms with Crippen LogP contribution in [0.2, 0.25) is 5.02 Å². The minimum Gasteiger partial charge on any atom is -0.477 e. The monoisotopic (exact) mass is 481 g/mol. The normalized spacial score (nSPS) is 10.7. The molecular weight excluding hydrogens is 462 g/mol. The Bertz CT molecular complexity index is 1230. The van der Waals surface area contributed by atoms with Crippen LogP contribution in [-0.2, 0) is 11.3 Å². The van der Waals surface area contributed by atoms with Crippen molar-refractivity contribution < 1.29 is 24.2 Å². The van der Waals surface area contributed by atoms with Gasteiger partial charge in [0, 0.05) is 18.1 Å². The summed E-state index contributed by atoms with van der Waals surface area (Å²) >= 11 is 5.92. The fourth-order valence-electron chi connectivity index (χ4n) is 2.78. The smallest absolute Gasteiger partial charge is 0.354 e. The number of carboxylic acids is 1. The van der Waals surface area contributed by atoms with Gasteiger partial charge in [-0.15, -0.1) is 0 Å². The van der Waals surface area contributed by atoms with Crippen molar-refractivity contribution in [3.05, 3.63) is 76.7 Å². The molecule has 10 nitrogen and oxygen atoms in total. The number of imide groups is 1. The minimum atomic E-state index is -1.19. The lowest BCUT2D eigenvalue weighted by atomic mass is 10.2. The number of ether oxygens (including phenoxy) is 1. The predicted molar refractivity (Wildman–Crippen MR) is 125 cm³/mol. The summed E-state index contributed by atoms with van der Waals surface area (Å²) in [4.78, 5) is 48.9. The first-order chi connectivity index (χ1) is 16.3. The average molecular weight is 482 g/mol. The second-order valence-electron chi connectivity index (χ2n) is 7.10. The van der Waals surface area contributed by atoms with Gasteiger partial charge in [0.2, 0.25) is 12.3 Å². The Morgan fingerprint density at radius 1 is 1.15 bits per heavy atom. The van der Waals surface area contributed by atoms with Crippen LogP contribution in [-0.4, -0.2) is 56.7 Å².